The van der Waals surface area contributed by atoms with Crippen molar-refractivity contribution in [1.82, 2.24) is 5.32 Å². The summed E-state index contributed by atoms with van der Waals surface area (Å²) in [6, 6.07) is 6.12. The van der Waals surface area contributed by atoms with Crippen molar-refractivity contribution < 1.29 is 13.9 Å². The first-order chi connectivity index (χ1) is 9.16. The van der Waals surface area contributed by atoms with Crippen LogP contribution in [0.3, 0.4) is 0 Å². The third kappa shape index (κ3) is 2.24. The second-order valence-corrected chi connectivity index (χ2v) is 5.23. The molecular formula is C14H17FN2O2. The van der Waals surface area contributed by atoms with Gasteiger partial charge in [0.15, 0.2) is 0 Å². The predicted molar refractivity (Wildman–Crippen MR) is 67.9 cm³/mol. The Labute approximate surface area is 111 Å². The summed E-state index contributed by atoms with van der Waals surface area (Å²) in [5.41, 5.74) is 6.41. The fraction of sp³-hybridized carbons (Fsp3) is 0.500. The summed E-state index contributed by atoms with van der Waals surface area (Å²) in [7, 11) is 0. The Hall–Kier alpha value is -1.46. The maximum atomic E-state index is 13.4. The molecule has 1 aliphatic heterocycles. The smallest absolute Gasteiger partial charge is 0.224 e. The maximum absolute atomic E-state index is 13.4. The van der Waals surface area contributed by atoms with Crippen molar-refractivity contribution in [3.63, 3.8) is 0 Å². The number of carbonyl (C=O) groups excluding carboxylic acids is 1. The third-order valence-electron chi connectivity index (χ3n) is 4.08. The maximum Gasteiger partial charge on any atom is 0.224 e. The minimum Gasteiger partial charge on any atom is -0.376 e. The van der Waals surface area contributed by atoms with Crippen molar-refractivity contribution in [2.24, 2.45) is 11.7 Å². The lowest BCUT2D eigenvalue weighted by atomic mass is 9.72. The molecule has 0 bridgehead atoms. The molecule has 0 radical (unpaired) electrons. The van der Waals surface area contributed by atoms with Crippen molar-refractivity contribution in [1.29, 1.82) is 0 Å². The number of nitrogens with one attached hydrogen (secondary N) is 1. The summed E-state index contributed by atoms with van der Waals surface area (Å²) in [4.78, 5) is 11.9. The second-order valence-electron chi connectivity index (χ2n) is 5.23. The normalized spacial score (nSPS) is 32.5. The fourth-order valence-electron chi connectivity index (χ4n) is 2.98. The quantitative estimate of drug-likeness (QED) is 0.840. The number of benzene rings is 1. The minimum absolute atomic E-state index is 0.0350. The number of hydrogen-bond acceptors (Lipinski definition) is 3. The van der Waals surface area contributed by atoms with E-state index in [0.717, 1.165) is 6.42 Å². The van der Waals surface area contributed by atoms with Crippen LogP contribution in [0.4, 0.5) is 4.39 Å². The first-order valence-electron chi connectivity index (χ1n) is 6.57. The lowest BCUT2D eigenvalue weighted by Crippen LogP contribution is -2.69. The van der Waals surface area contributed by atoms with Gasteiger partial charge in [0.25, 0.3) is 0 Å². The molecule has 3 N–H and O–H groups in total. The highest BCUT2D eigenvalue weighted by Crippen LogP contribution is 2.37. The summed E-state index contributed by atoms with van der Waals surface area (Å²) in [5, 5.41) is 2.86. The van der Waals surface area contributed by atoms with Crippen LogP contribution in [0.15, 0.2) is 24.3 Å². The predicted octanol–water partition coefficient (Wildman–Crippen LogP) is 0.599. The molecule has 1 aromatic carbocycles. The molecule has 4 atom stereocenters. The average Bonchev–Trinajstić information content (AvgIpc) is 2.83. The first-order valence-corrected chi connectivity index (χ1v) is 6.57. The molecule has 5 heteroatoms. The van der Waals surface area contributed by atoms with Crippen LogP contribution in [-0.2, 0) is 16.0 Å². The molecule has 0 aromatic heterocycles. The molecule has 2 fully saturated rings. The summed E-state index contributed by atoms with van der Waals surface area (Å²) >= 11 is 0. The summed E-state index contributed by atoms with van der Waals surface area (Å²) in [6.45, 7) is 0.711. The molecule has 102 valence electrons. The molecule has 3 rings (SSSR count). The van der Waals surface area contributed by atoms with Crippen LogP contribution in [0, 0.1) is 11.7 Å². The van der Waals surface area contributed by atoms with Gasteiger partial charge in [0.05, 0.1) is 18.6 Å². The Morgan fingerprint density at radius 2 is 2.26 bits per heavy atom. The lowest BCUT2D eigenvalue weighted by Gasteiger charge is -2.45. The number of rotatable bonds is 3. The number of amides is 1. The van der Waals surface area contributed by atoms with Gasteiger partial charge >= 0.3 is 0 Å². The van der Waals surface area contributed by atoms with E-state index >= 15 is 0 Å². The van der Waals surface area contributed by atoms with Gasteiger partial charge in [0, 0.05) is 18.6 Å². The van der Waals surface area contributed by atoms with Crippen LogP contribution < -0.4 is 11.1 Å². The number of halogens is 1. The van der Waals surface area contributed by atoms with Crippen LogP contribution in [0.2, 0.25) is 0 Å². The van der Waals surface area contributed by atoms with Gasteiger partial charge in [-0.25, -0.2) is 4.39 Å². The minimum atomic E-state index is -0.356. The first kappa shape index (κ1) is 12.6. The van der Waals surface area contributed by atoms with Gasteiger partial charge in [-0.05, 0) is 18.1 Å². The van der Waals surface area contributed by atoms with Crippen LogP contribution in [0.5, 0.6) is 0 Å². The Bertz CT molecular complexity index is 494. The zero-order valence-corrected chi connectivity index (χ0v) is 10.5. The van der Waals surface area contributed by atoms with Crippen LogP contribution >= 0.6 is 0 Å². The van der Waals surface area contributed by atoms with Crippen LogP contribution in [0.1, 0.15) is 12.0 Å². The molecule has 19 heavy (non-hydrogen) atoms. The third-order valence-corrected chi connectivity index (χ3v) is 4.08. The highest BCUT2D eigenvalue weighted by atomic mass is 19.1. The van der Waals surface area contributed by atoms with Crippen molar-refractivity contribution in [3.8, 4) is 0 Å². The van der Waals surface area contributed by atoms with Gasteiger partial charge in [-0.1, -0.05) is 18.2 Å². The van der Waals surface area contributed by atoms with E-state index in [9.17, 15) is 9.18 Å². The molecule has 2 aliphatic rings. The van der Waals surface area contributed by atoms with E-state index in [1.54, 1.807) is 18.2 Å². The Morgan fingerprint density at radius 3 is 3.05 bits per heavy atom. The average molecular weight is 264 g/mol. The fourth-order valence-corrected chi connectivity index (χ4v) is 2.98. The molecule has 1 aromatic rings. The molecule has 4 unspecified atom stereocenters. The number of ether oxygens (including phenoxy) is 1. The van der Waals surface area contributed by atoms with Crippen LogP contribution in [0.25, 0.3) is 0 Å². The number of hydrogen-bond donors (Lipinski definition) is 2. The van der Waals surface area contributed by atoms with Gasteiger partial charge in [0.2, 0.25) is 5.91 Å². The zero-order valence-electron chi connectivity index (χ0n) is 10.5. The number of fused-ring (bicyclic) bond motifs is 1. The second kappa shape index (κ2) is 4.90. The van der Waals surface area contributed by atoms with Gasteiger partial charge < -0.3 is 15.8 Å². The molecule has 0 spiro atoms. The molecular weight excluding hydrogens is 247 g/mol. The highest BCUT2D eigenvalue weighted by molar-refractivity contribution is 5.79. The molecule has 1 aliphatic carbocycles. The van der Waals surface area contributed by atoms with Crippen molar-refractivity contribution in [2.45, 2.75) is 31.0 Å². The van der Waals surface area contributed by atoms with E-state index in [0.29, 0.717) is 18.1 Å². The lowest BCUT2D eigenvalue weighted by molar-refractivity contribution is -0.125. The molecule has 1 saturated carbocycles. The summed E-state index contributed by atoms with van der Waals surface area (Å²) in [6.07, 6.45) is 1.04. The number of nitrogens with two attached hydrogens (primary N) is 1. The van der Waals surface area contributed by atoms with Crippen molar-refractivity contribution in [2.75, 3.05) is 6.61 Å². The van der Waals surface area contributed by atoms with Gasteiger partial charge in [-0.15, -0.1) is 0 Å². The topological polar surface area (TPSA) is 64.3 Å². The van der Waals surface area contributed by atoms with E-state index in [4.69, 9.17) is 10.5 Å². The van der Waals surface area contributed by atoms with Gasteiger partial charge in [0.1, 0.15) is 5.82 Å². The Morgan fingerprint density at radius 1 is 1.47 bits per heavy atom. The van der Waals surface area contributed by atoms with Gasteiger partial charge in [-0.3, -0.25) is 4.79 Å². The standard InChI is InChI=1S/C14H17FN2O2/c15-10-4-2-1-3-8(10)7-11(18)17-13-12(16)9-5-6-19-14(9)13/h1-4,9,12-14H,5-7,16H2,(H,17,18). The molecule has 1 saturated heterocycles. The van der Waals surface area contributed by atoms with Crippen molar-refractivity contribution in [3.05, 3.63) is 35.6 Å². The van der Waals surface area contributed by atoms with E-state index in [1.165, 1.54) is 6.07 Å². The zero-order chi connectivity index (χ0) is 13.4. The highest BCUT2D eigenvalue weighted by Gasteiger charge is 2.52. The van der Waals surface area contributed by atoms with E-state index in [2.05, 4.69) is 5.32 Å². The largest absolute Gasteiger partial charge is 0.376 e. The van der Waals surface area contributed by atoms with Gasteiger partial charge in [-0.2, -0.15) is 0 Å². The number of carbonyl (C=O) groups is 1. The van der Waals surface area contributed by atoms with Crippen LogP contribution in [-0.4, -0.2) is 30.7 Å². The van der Waals surface area contributed by atoms with E-state index in [1.807, 2.05) is 0 Å². The van der Waals surface area contributed by atoms with E-state index < -0.39 is 0 Å². The Balaban J connectivity index is 1.59. The summed E-state index contributed by atoms with van der Waals surface area (Å²) in [5.74, 6) is -0.205. The summed E-state index contributed by atoms with van der Waals surface area (Å²) < 4.78 is 19.0. The van der Waals surface area contributed by atoms with E-state index in [-0.39, 0.29) is 36.3 Å². The molecule has 4 nitrogen and oxygen atoms in total. The molecule has 1 heterocycles. The monoisotopic (exact) mass is 264 g/mol. The molecule has 1 amide bonds. The Kier molecular flexibility index (Phi) is 3.24. The van der Waals surface area contributed by atoms with Crippen molar-refractivity contribution >= 4 is 5.91 Å². The SMILES string of the molecule is NC1C2CCOC2C1NC(=O)Cc1ccccc1F.